The van der Waals surface area contributed by atoms with E-state index in [0.717, 1.165) is 24.3 Å². The fourth-order valence-electron chi connectivity index (χ4n) is 1.50. The van der Waals surface area contributed by atoms with E-state index in [0.29, 0.717) is 0 Å². The molecule has 15 heavy (non-hydrogen) atoms. The Morgan fingerprint density at radius 2 is 1.87 bits per heavy atom. The highest BCUT2D eigenvalue weighted by molar-refractivity contribution is 7.99. The van der Waals surface area contributed by atoms with Gasteiger partial charge in [-0.25, -0.2) is 4.79 Å². The topological polar surface area (TPSA) is 38.3 Å². The number of hydrogen-bond acceptors (Lipinski definition) is 3. The third kappa shape index (κ3) is 4.78. The first-order chi connectivity index (χ1) is 6.81. The van der Waals surface area contributed by atoms with E-state index in [1.807, 2.05) is 32.5 Å². The molecule has 0 unspecified atom stereocenters. The lowest BCUT2D eigenvalue weighted by molar-refractivity contribution is 0.0458. The Kier molecular flexibility index (Phi) is 3.93. The molecular formula is C11H21NO2S. The number of hydrogen-bond donors (Lipinski definition) is 1. The van der Waals surface area contributed by atoms with Crippen LogP contribution in [0.1, 0.15) is 40.5 Å². The van der Waals surface area contributed by atoms with Crippen molar-refractivity contribution in [3.05, 3.63) is 0 Å². The molecule has 1 aliphatic rings. The van der Waals surface area contributed by atoms with E-state index < -0.39 is 5.60 Å². The fourth-order valence-corrected chi connectivity index (χ4v) is 2.89. The van der Waals surface area contributed by atoms with E-state index in [2.05, 4.69) is 12.2 Å². The number of nitrogens with one attached hydrogen (secondary N) is 1. The second-order valence-electron chi connectivity index (χ2n) is 5.30. The quantitative estimate of drug-likeness (QED) is 0.754. The average Bonchev–Trinajstić information content (AvgIpc) is 1.99. The highest BCUT2D eigenvalue weighted by atomic mass is 32.2. The molecule has 1 fully saturated rings. The van der Waals surface area contributed by atoms with Crippen LogP contribution in [0.5, 0.6) is 0 Å². The smallest absolute Gasteiger partial charge is 0.408 e. The van der Waals surface area contributed by atoms with Crippen LogP contribution in [0.4, 0.5) is 4.79 Å². The summed E-state index contributed by atoms with van der Waals surface area (Å²) in [6.07, 6.45) is 1.75. The van der Waals surface area contributed by atoms with Crippen LogP contribution in [-0.2, 0) is 4.74 Å². The molecule has 0 aromatic carbocycles. The first kappa shape index (κ1) is 12.7. The van der Waals surface area contributed by atoms with Crippen LogP contribution in [0.2, 0.25) is 0 Å². The van der Waals surface area contributed by atoms with E-state index in [9.17, 15) is 4.79 Å². The number of carbonyl (C=O) groups excluding carboxylic acids is 1. The molecule has 1 saturated heterocycles. The van der Waals surface area contributed by atoms with Crippen molar-refractivity contribution in [2.75, 3.05) is 11.5 Å². The van der Waals surface area contributed by atoms with E-state index in [-0.39, 0.29) is 11.6 Å². The molecule has 1 amide bonds. The Balaban J connectivity index is 2.42. The van der Waals surface area contributed by atoms with E-state index in [4.69, 9.17) is 4.74 Å². The van der Waals surface area contributed by atoms with Crippen molar-refractivity contribution < 1.29 is 9.53 Å². The van der Waals surface area contributed by atoms with Crippen LogP contribution < -0.4 is 5.32 Å². The highest BCUT2D eigenvalue weighted by Gasteiger charge is 2.30. The van der Waals surface area contributed by atoms with Gasteiger partial charge in [-0.15, -0.1) is 0 Å². The fraction of sp³-hybridized carbons (Fsp3) is 0.909. The molecule has 1 N–H and O–H groups in total. The Hall–Kier alpha value is -0.380. The molecule has 4 heteroatoms. The predicted molar refractivity (Wildman–Crippen MR) is 64.3 cm³/mol. The number of rotatable bonds is 1. The summed E-state index contributed by atoms with van der Waals surface area (Å²) < 4.78 is 5.25. The van der Waals surface area contributed by atoms with Crippen LogP contribution in [0, 0.1) is 0 Å². The van der Waals surface area contributed by atoms with Gasteiger partial charge in [-0.1, -0.05) is 0 Å². The minimum absolute atomic E-state index is 0.0758. The summed E-state index contributed by atoms with van der Waals surface area (Å²) in [5.41, 5.74) is -0.489. The van der Waals surface area contributed by atoms with Crippen molar-refractivity contribution in [2.24, 2.45) is 0 Å². The van der Waals surface area contributed by atoms with Crippen LogP contribution in [-0.4, -0.2) is 28.7 Å². The Morgan fingerprint density at radius 3 is 2.33 bits per heavy atom. The zero-order valence-electron chi connectivity index (χ0n) is 10.1. The maximum absolute atomic E-state index is 11.6. The second-order valence-corrected chi connectivity index (χ2v) is 6.52. The molecule has 0 aromatic rings. The standard InChI is InChI=1S/C11H21NO2S/c1-10(2,3)14-9(13)12-11(4)5-7-15-8-6-11/h5-8H2,1-4H3,(H,12,13). The van der Waals surface area contributed by atoms with Gasteiger partial charge in [-0.3, -0.25) is 0 Å². The number of ether oxygens (including phenoxy) is 1. The van der Waals surface area contributed by atoms with Crippen LogP contribution in [0.3, 0.4) is 0 Å². The minimum Gasteiger partial charge on any atom is -0.444 e. The lowest BCUT2D eigenvalue weighted by atomic mass is 9.95. The van der Waals surface area contributed by atoms with E-state index in [1.165, 1.54) is 0 Å². The van der Waals surface area contributed by atoms with Gasteiger partial charge >= 0.3 is 6.09 Å². The van der Waals surface area contributed by atoms with Crippen molar-refractivity contribution in [3.8, 4) is 0 Å². The molecular weight excluding hydrogens is 210 g/mol. The average molecular weight is 231 g/mol. The molecule has 0 saturated carbocycles. The monoisotopic (exact) mass is 231 g/mol. The SMILES string of the molecule is CC1(NC(=O)OC(C)(C)C)CCSCC1. The van der Waals surface area contributed by atoms with Gasteiger partial charge in [-0.2, -0.15) is 11.8 Å². The summed E-state index contributed by atoms with van der Waals surface area (Å²) in [6.45, 7) is 7.74. The zero-order valence-corrected chi connectivity index (χ0v) is 10.9. The van der Waals surface area contributed by atoms with Gasteiger partial charge in [0.2, 0.25) is 0 Å². The van der Waals surface area contributed by atoms with Gasteiger partial charge in [0.1, 0.15) is 5.60 Å². The summed E-state index contributed by atoms with van der Waals surface area (Å²) in [5.74, 6) is 2.23. The molecule has 88 valence electrons. The lowest BCUT2D eigenvalue weighted by Crippen LogP contribution is -2.49. The summed E-state index contributed by atoms with van der Waals surface area (Å²) in [5, 5.41) is 2.98. The summed E-state index contributed by atoms with van der Waals surface area (Å²) in [7, 11) is 0. The third-order valence-electron chi connectivity index (χ3n) is 2.40. The first-order valence-electron chi connectivity index (χ1n) is 5.40. The Morgan fingerprint density at radius 1 is 1.33 bits per heavy atom. The molecule has 1 rings (SSSR count). The molecule has 1 heterocycles. The maximum atomic E-state index is 11.6. The van der Waals surface area contributed by atoms with Gasteiger partial charge in [0.05, 0.1) is 0 Å². The summed E-state index contributed by atoms with van der Waals surface area (Å²) in [4.78, 5) is 11.6. The number of carbonyl (C=O) groups is 1. The minimum atomic E-state index is -0.413. The third-order valence-corrected chi connectivity index (χ3v) is 3.38. The molecule has 1 aliphatic heterocycles. The zero-order chi connectivity index (χ0) is 11.5. The van der Waals surface area contributed by atoms with Gasteiger partial charge in [-0.05, 0) is 52.0 Å². The Bertz CT molecular complexity index is 229. The normalized spacial score (nSPS) is 20.8. The largest absolute Gasteiger partial charge is 0.444 e. The van der Waals surface area contributed by atoms with Crippen molar-refractivity contribution >= 4 is 17.9 Å². The lowest BCUT2D eigenvalue weighted by Gasteiger charge is -2.34. The summed E-state index contributed by atoms with van der Waals surface area (Å²) >= 11 is 1.95. The van der Waals surface area contributed by atoms with Crippen LogP contribution in [0.25, 0.3) is 0 Å². The van der Waals surface area contributed by atoms with Crippen LogP contribution >= 0.6 is 11.8 Å². The van der Waals surface area contributed by atoms with Gasteiger partial charge in [0.15, 0.2) is 0 Å². The number of thioether (sulfide) groups is 1. The first-order valence-corrected chi connectivity index (χ1v) is 6.55. The Labute approximate surface area is 96.3 Å². The molecule has 0 radical (unpaired) electrons. The molecule has 0 aliphatic carbocycles. The number of alkyl carbamates (subject to hydrolysis) is 1. The van der Waals surface area contributed by atoms with Crippen molar-refractivity contribution in [2.45, 2.75) is 51.7 Å². The highest BCUT2D eigenvalue weighted by Crippen LogP contribution is 2.26. The van der Waals surface area contributed by atoms with E-state index in [1.54, 1.807) is 0 Å². The van der Waals surface area contributed by atoms with E-state index >= 15 is 0 Å². The molecule has 0 aromatic heterocycles. The molecule has 3 nitrogen and oxygen atoms in total. The van der Waals surface area contributed by atoms with Crippen molar-refractivity contribution in [3.63, 3.8) is 0 Å². The van der Waals surface area contributed by atoms with Gasteiger partial charge in [0.25, 0.3) is 0 Å². The maximum Gasteiger partial charge on any atom is 0.408 e. The van der Waals surface area contributed by atoms with Crippen molar-refractivity contribution in [1.29, 1.82) is 0 Å². The van der Waals surface area contributed by atoms with Gasteiger partial charge in [0, 0.05) is 5.54 Å². The molecule has 0 spiro atoms. The van der Waals surface area contributed by atoms with Crippen LogP contribution in [0.15, 0.2) is 0 Å². The number of amides is 1. The molecule has 0 bridgehead atoms. The van der Waals surface area contributed by atoms with Gasteiger partial charge < -0.3 is 10.1 Å². The molecule has 0 atom stereocenters. The summed E-state index contributed by atoms with van der Waals surface area (Å²) in [6, 6.07) is 0. The second kappa shape index (κ2) is 4.64. The van der Waals surface area contributed by atoms with Crippen molar-refractivity contribution in [1.82, 2.24) is 5.32 Å². The predicted octanol–water partition coefficient (Wildman–Crippen LogP) is 2.80.